The molecule has 1 N–H and O–H groups in total. The van der Waals surface area contributed by atoms with Crippen molar-refractivity contribution in [3.05, 3.63) is 75.7 Å². The van der Waals surface area contributed by atoms with Gasteiger partial charge in [-0.15, -0.1) is 11.3 Å². The molecule has 10 heteroatoms. The predicted molar refractivity (Wildman–Crippen MR) is 158 cm³/mol. The Kier molecular flexibility index (Phi) is 7.41. The summed E-state index contributed by atoms with van der Waals surface area (Å²) in [5, 5.41) is 3.60. The molecule has 0 spiro atoms. The van der Waals surface area contributed by atoms with Gasteiger partial charge in [-0.05, 0) is 80.1 Å². The van der Waals surface area contributed by atoms with Crippen LogP contribution < -0.4 is 9.62 Å². The summed E-state index contributed by atoms with van der Waals surface area (Å²) in [5.41, 5.74) is 3.78. The highest BCUT2D eigenvalue weighted by molar-refractivity contribution is 7.92. The molecule has 3 aromatic rings. The Morgan fingerprint density at radius 2 is 1.68 bits per heavy atom. The number of aryl methyl sites for hydroxylation is 1. The SMILES string of the molecule is CCN1CCc2c(sc(NC(=O)c3ccc(S(=O)(=O)N4CCCc5ccccc54)cc3)c2C(=O)N2CCCC2)C1. The topological polar surface area (TPSA) is 90.0 Å². The number of hydrogen-bond donors (Lipinski definition) is 1. The first kappa shape index (κ1) is 27.0. The first-order valence-electron chi connectivity index (χ1n) is 14.0. The fourth-order valence-electron chi connectivity index (χ4n) is 5.95. The number of benzene rings is 2. The number of carbonyl (C=O) groups excluding carboxylic acids is 2. The molecular formula is C30H34N4O4S2. The smallest absolute Gasteiger partial charge is 0.264 e. The second-order valence-electron chi connectivity index (χ2n) is 10.6. The number of fused-ring (bicyclic) bond motifs is 2. The lowest BCUT2D eigenvalue weighted by atomic mass is 10.0. The molecule has 0 bridgehead atoms. The van der Waals surface area contributed by atoms with Crippen molar-refractivity contribution in [1.29, 1.82) is 0 Å². The van der Waals surface area contributed by atoms with E-state index in [2.05, 4.69) is 17.1 Å². The highest BCUT2D eigenvalue weighted by atomic mass is 32.2. The van der Waals surface area contributed by atoms with Crippen LogP contribution in [0.1, 0.15) is 62.9 Å². The number of carbonyl (C=O) groups is 2. The Balaban J connectivity index is 1.25. The minimum Gasteiger partial charge on any atom is -0.339 e. The zero-order valence-electron chi connectivity index (χ0n) is 22.7. The Morgan fingerprint density at radius 1 is 0.925 bits per heavy atom. The van der Waals surface area contributed by atoms with Gasteiger partial charge in [0.25, 0.3) is 21.8 Å². The van der Waals surface area contributed by atoms with Crippen LogP contribution in [0, 0.1) is 0 Å². The molecule has 2 amide bonds. The number of nitrogens with one attached hydrogen (secondary N) is 1. The predicted octanol–water partition coefficient (Wildman–Crippen LogP) is 4.76. The zero-order chi connectivity index (χ0) is 27.9. The van der Waals surface area contributed by atoms with Gasteiger partial charge in [0, 0.05) is 43.2 Å². The molecule has 210 valence electrons. The van der Waals surface area contributed by atoms with Crippen molar-refractivity contribution in [2.24, 2.45) is 0 Å². The minimum atomic E-state index is -3.77. The number of rotatable bonds is 6. The van der Waals surface area contributed by atoms with Crippen LogP contribution in [0.2, 0.25) is 0 Å². The number of nitrogens with zero attached hydrogens (tertiary/aromatic N) is 3. The third kappa shape index (κ3) is 4.93. The molecule has 0 unspecified atom stereocenters. The Hall–Kier alpha value is -3.21. The largest absolute Gasteiger partial charge is 0.339 e. The van der Waals surface area contributed by atoms with E-state index in [0.29, 0.717) is 28.4 Å². The normalized spacial score (nSPS) is 17.4. The van der Waals surface area contributed by atoms with Crippen LogP contribution in [-0.4, -0.2) is 62.8 Å². The molecule has 1 aromatic heterocycles. The number of anilines is 2. The van der Waals surface area contributed by atoms with E-state index in [1.165, 1.54) is 27.8 Å². The fourth-order valence-corrected chi connectivity index (χ4v) is 8.77. The van der Waals surface area contributed by atoms with E-state index in [1.54, 1.807) is 12.1 Å². The van der Waals surface area contributed by atoms with Gasteiger partial charge in [-0.3, -0.25) is 18.8 Å². The van der Waals surface area contributed by atoms with Crippen molar-refractivity contribution in [2.45, 2.75) is 50.5 Å². The summed E-state index contributed by atoms with van der Waals surface area (Å²) in [6, 6.07) is 13.7. The van der Waals surface area contributed by atoms with Gasteiger partial charge in [0.05, 0.1) is 16.1 Å². The van der Waals surface area contributed by atoms with Crippen molar-refractivity contribution >= 4 is 43.9 Å². The maximum atomic E-state index is 13.6. The van der Waals surface area contributed by atoms with E-state index in [4.69, 9.17) is 0 Å². The number of thiophene rings is 1. The highest BCUT2D eigenvalue weighted by Crippen LogP contribution is 2.39. The number of likely N-dealkylation sites (tertiary alicyclic amines) is 1. The zero-order valence-corrected chi connectivity index (χ0v) is 24.3. The lowest BCUT2D eigenvalue weighted by Gasteiger charge is -2.30. The lowest BCUT2D eigenvalue weighted by molar-refractivity contribution is 0.0792. The maximum absolute atomic E-state index is 13.6. The molecule has 3 aliphatic heterocycles. The Morgan fingerprint density at radius 3 is 2.42 bits per heavy atom. The first-order chi connectivity index (χ1) is 19.4. The third-order valence-corrected chi connectivity index (χ3v) is 11.1. The van der Waals surface area contributed by atoms with E-state index >= 15 is 0 Å². The summed E-state index contributed by atoms with van der Waals surface area (Å²) in [5.74, 6) is -0.354. The summed E-state index contributed by atoms with van der Waals surface area (Å²) in [6.07, 6.45) is 4.40. The van der Waals surface area contributed by atoms with Gasteiger partial charge in [-0.25, -0.2) is 8.42 Å². The van der Waals surface area contributed by atoms with Gasteiger partial charge >= 0.3 is 0 Å². The molecule has 2 aromatic carbocycles. The van der Waals surface area contributed by atoms with Crippen LogP contribution in [0.3, 0.4) is 0 Å². The molecule has 8 nitrogen and oxygen atoms in total. The standard InChI is InChI=1S/C30H34N4O4S2/c1-2-32-19-15-24-26(20-32)39-29(27(24)30(36)33-16-5-6-17-33)31-28(35)22-11-13-23(14-12-22)40(37,38)34-18-7-9-21-8-3-4-10-25(21)34/h3-4,8,10-14H,2,5-7,9,15-20H2,1H3,(H,31,35). The summed E-state index contributed by atoms with van der Waals surface area (Å²) in [7, 11) is -3.77. The number of likely N-dealkylation sites (N-methyl/N-ethyl adjacent to an activating group) is 1. The van der Waals surface area contributed by atoms with Crippen LogP contribution in [0.5, 0.6) is 0 Å². The number of para-hydroxylation sites is 1. The maximum Gasteiger partial charge on any atom is 0.264 e. The van der Waals surface area contributed by atoms with Crippen molar-refractivity contribution in [3.63, 3.8) is 0 Å². The van der Waals surface area contributed by atoms with E-state index in [9.17, 15) is 18.0 Å². The molecule has 3 aliphatic rings. The summed E-state index contributed by atoms with van der Waals surface area (Å²) in [4.78, 5) is 32.4. The van der Waals surface area contributed by atoms with Gasteiger partial charge < -0.3 is 10.2 Å². The summed E-state index contributed by atoms with van der Waals surface area (Å²) >= 11 is 1.49. The average molecular weight is 579 g/mol. The van der Waals surface area contributed by atoms with E-state index in [1.807, 2.05) is 29.2 Å². The fraction of sp³-hybridized carbons (Fsp3) is 0.400. The molecule has 0 saturated carbocycles. The molecule has 6 rings (SSSR count). The molecule has 1 saturated heterocycles. The molecule has 0 atom stereocenters. The average Bonchev–Trinajstić information content (AvgIpc) is 3.64. The molecule has 0 aliphatic carbocycles. The minimum absolute atomic E-state index is 0.00139. The second kappa shape index (κ2) is 11.0. The van der Waals surface area contributed by atoms with Crippen molar-refractivity contribution in [3.8, 4) is 0 Å². The van der Waals surface area contributed by atoms with Crippen molar-refractivity contribution in [1.82, 2.24) is 9.80 Å². The van der Waals surface area contributed by atoms with Crippen LogP contribution >= 0.6 is 11.3 Å². The second-order valence-corrected chi connectivity index (χ2v) is 13.6. The molecule has 40 heavy (non-hydrogen) atoms. The summed E-state index contributed by atoms with van der Waals surface area (Å²) in [6.45, 7) is 6.65. The van der Waals surface area contributed by atoms with E-state index < -0.39 is 10.0 Å². The number of sulfonamides is 1. The van der Waals surface area contributed by atoms with Crippen molar-refractivity contribution < 1.29 is 18.0 Å². The third-order valence-electron chi connectivity index (χ3n) is 8.19. The molecule has 1 fully saturated rings. The summed E-state index contributed by atoms with van der Waals surface area (Å²) < 4.78 is 28.5. The quantitative estimate of drug-likeness (QED) is 0.456. The van der Waals surface area contributed by atoms with E-state index in [-0.39, 0.29) is 16.7 Å². The number of hydrogen-bond acceptors (Lipinski definition) is 6. The molecular weight excluding hydrogens is 544 g/mol. The Bertz CT molecular complexity index is 1540. The Labute approximate surface area is 239 Å². The molecule has 4 heterocycles. The van der Waals surface area contributed by atoms with Crippen LogP contribution in [0.15, 0.2) is 53.4 Å². The van der Waals surface area contributed by atoms with Gasteiger partial charge in [0.15, 0.2) is 0 Å². The van der Waals surface area contributed by atoms with Gasteiger partial charge in [0.1, 0.15) is 5.00 Å². The van der Waals surface area contributed by atoms with Crippen molar-refractivity contribution in [2.75, 3.05) is 42.3 Å². The van der Waals surface area contributed by atoms with Gasteiger partial charge in [-0.1, -0.05) is 25.1 Å². The lowest BCUT2D eigenvalue weighted by Crippen LogP contribution is -2.35. The van der Waals surface area contributed by atoms with Gasteiger partial charge in [-0.2, -0.15) is 0 Å². The highest BCUT2D eigenvalue weighted by Gasteiger charge is 2.32. The van der Waals surface area contributed by atoms with Crippen LogP contribution in [-0.2, 0) is 29.4 Å². The molecule has 0 radical (unpaired) electrons. The van der Waals surface area contributed by atoms with Crippen LogP contribution in [0.4, 0.5) is 10.7 Å². The number of amides is 2. The van der Waals surface area contributed by atoms with Gasteiger partial charge in [0.2, 0.25) is 0 Å². The van der Waals surface area contributed by atoms with Crippen LogP contribution in [0.25, 0.3) is 0 Å². The first-order valence-corrected chi connectivity index (χ1v) is 16.3. The van der Waals surface area contributed by atoms with E-state index in [0.717, 1.165) is 80.8 Å². The monoisotopic (exact) mass is 578 g/mol.